The molecule has 2 aliphatic rings. The zero-order chi connectivity index (χ0) is 31.3. The first-order chi connectivity index (χ1) is 20.3. The fraction of sp³-hybridized carbons (Fsp3) is 0.407. The van der Waals surface area contributed by atoms with Crippen molar-refractivity contribution in [3.05, 3.63) is 46.6 Å². The number of hydrogen-bond acceptors (Lipinski definition) is 15. The maximum atomic E-state index is 13.8. The van der Waals surface area contributed by atoms with Crippen molar-refractivity contribution >= 4 is 16.9 Å². The van der Waals surface area contributed by atoms with Gasteiger partial charge in [0.1, 0.15) is 48.1 Å². The number of carboxylic acid groups (broad SMARTS) is 1. The summed E-state index contributed by atoms with van der Waals surface area (Å²) in [6.45, 7) is 1.40. The van der Waals surface area contributed by atoms with Crippen LogP contribution in [0.4, 0.5) is 0 Å². The van der Waals surface area contributed by atoms with Crippen molar-refractivity contribution in [1.82, 2.24) is 0 Å². The topological polar surface area (TPSA) is 266 Å². The van der Waals surface area contributed by atoms with Crippen molar-refractivity contribution in [3.63, 3.8) is 0 Å². The number of benzene rings is 2. The van der Waals surface area contributed by atoms with E-state index in [0.29, 0.717) is 0 Å². The summed E-state index contributed by atoms with van der Waals surface area (Å²) in [4.78, 5) is 25.2. The van der Waals surface area contributed by atoms with Crippen molar-refractivity contribution in [1.29, 1.82) is 0 Å². The van der Waals surface area contributed by atoms with Crippen molar-refractivity contribution in [2.24, 2.45) is 0 Å². The first-order valence-electron chi connectivity index (χ1n) is 12.9. The molecule has 16 heteroatoms. The third-order valence-electron chi connectivity index (χ3n) is 7.14. The number of ether oxygens (including phenoxy) is 4. The van der Waals surface area contributed by atoms with E-state index in [1.54, 1.807) is 0 Å². The zero-order valence-corrected chi connectivity index (χ0v) is 22.1. The Balaban J connectivity index is 1.59. The van der Waals surface area contributed by atoms with Crippen molar-refractivity contribution in [2.45, 2.75) is 68.3 Å². The second kappa shape index (κ2) is 11.6. The van der Waals surface area contributed by atoms with Crippen molar-refractivity contribution in [2.75, 3.05) is 0 Å². The van der Waals surface area contributed by atoms with Crippen LogP contribution in [0, 0.1) is 0 Å². The molecule has 43 heavy (non-hydrogen) atoms. The molecule has 0 saturated carbocycles. The lowest BCUT2D eigenvalue weighted by atomic mass is 9.99. The predicted molar refractivity (Wildman–Crippen MR) is 139 cm³/mol. The number of fused-ring (bicyclic) bond motifs is 1. The molecule has 0 spiro atoms. The van der Waals surface area contributed by atoms with E-state index < -0.39 is 84.3 Å². The SMILES string of the molecule is C[C@@H]1O[C@@H](Oc2c(-c3ccc(O)cc3)oc3c(O)cc(O[C@@H]4O[C@H](C(=O)O)[C@H](O)[C@H](O)[C@H]4O)cc3c2=O)[C@H](O)[C@H](O)[C@H]1O. The number of aromatic hydroxyl groups is 2. The minimum atomic E-state index is -1.98. The molecule has 3 aromatic rings. The number of aliphatic hydroxyl groups excluding tert-OH is 6. The molecule has 16 nitrogen and oxygen atoms in total. The van der Waals surface area contributed by atoms with Gasteiger partial charge in [0.2, 0.25) is 23.8 Å². The number of phenolic OH excluding ortho intramolecular Hbond substituents is 2. The van der Waals surface area contributed by atoms with Crippen LogP contribution in [0.3, 0.4) is 0 Å². The summed E-state index contributed by atoms with van der Waals surface area (Å²) in [5, 5.41) is 90.4. The van der Waals surface area contributed by atoms with Gasteiger partial charge in [-0.15, -0.1) is 0 Å². The number of carbonyl (C=O) groups is 1. The summed E-state index contributed by atoms with van der Waals surface area (Å²) in [6.07, 6.45) is -17.4. The summed E-state index contributed by atoms with van der Waals surface area (Å²) in [5.41, 5.74) is -1.17. The quantitative estimate of drug-likeness (QED) is 0.152. The third kappa shape index (κ3) is 5.57. The van der Waals surface area contributed by atoms with Gasteiger partial charge < -0.3 is 69.3 Å². The van der Waals surface area contributed by atoms with Crippen LogP contribution in [0.5, 0.6) is 23.0 Å². The second-order valence-corrected chi connectivity index (χ2v) is 10.1. The average molecular weight is 609 g/mol. The van der Waals surface area contributed by atoms with Gasteiger partial charge in [0.05, 0.1) is 11.5 Å². The van der Waals surface area contributed by atoms with Gasteiger partial charge in [-0.25, -0.2) is 4.79 Å². The van der Waals surface area contributed by atoms with Gasteiger partial charge in [-0.1, -0.05) is 0 Å². The normalized spacial score (nSPS) is 32.8. The van der Waals surface area contributed by atoms with E-state index in [4.69, 9.17) is 23.4 Å². The molecular weight excluding hydrogens is 580 g/mol. The molecule has 2 aliphatic heterocycles. The predicted octanol–water partition coefficient (Wildman–Crippen LogP) is -1.65. The summed E-state index contributed by atoms with van der Waals surface area (Å²) in [6, 6.07) is 7.25. The third-order valence-corrected chi connectivity index (χ3v) is 7.14. The molecule has 0 radical (unpaired) electrons. The Hall–Kier alpha value is -4.00. The molecule has 0 amide bonds. The summed E-state index contributed by atoms with van der Waals surface area (Å²) in [7, 11) is 0. The van der Waals surface area contributed by atoms with Gasteiger partial charge in [-0.3, -0.25) is 4.79 Å². The molecule has 2 saturated heterocycles. The number of rotatable bonds is 6. The largest absolute Gasteiger partial charge is 0.508 e. The van der Waals surface area contributed by atoms with Crippen LogP contribution in [0.15, 0.2) is 45.6 Å². The molecule has 3 heterocycles. The minimum absolute atomic E-state index is 0.120. The number of carboxylic acids is 1. The van der Waals surface area contributed by atoms with Crippen LogP contribution >= 0.6 is 0 Å². The fourth-order valence-corrected chi connectivity index (χ4v) is 4.73. The van der Waals surface area contributed by atoms with Crippen LogP contribution in [0.25, 0.3) is 22.3 Å². The lowest BCUT2D eigenvalue weighted by molar-refractivity contribution is -0.271. The molecule has 9 N–H and O–H groups in total. The van der Waals surface area contributed by atoms with E-state index >= 15 is 0 Å². The van der Waals surface area contributed by atoms with Gasteiger partial charge in [-0.2, -0.15) is 0 Å². The highest BCUT2D eigenvalue weighted by Crippen LogP contribution is 2.38. The Labute approximate surface area is 240 Å². The summed E-state index contributed by atoms with van der Waals surface area (Å²) >= 11 is 0. The number of aliphatic hydroxyl groups is 6. The molecule has 0 unspecified atom stereocenters. The number of phenols is 2. The van der Waals surface area contributed by atoms with Crippen LogP contribution < -0.4 is 14.9 Å². The summed E-state index contributed by atoms with van der Waals surface area (Å²) in [5.74, 6) is -3.66. The molecule has 10 atom stereocenters. The lowest BCUT2D eigenvalue weighted by Crippen LogP contribution is -2.61. The molecule has 2 aromatic carbocycles. The van der Waals surface area contributed by atoms with Crippen LogP contribution in [-0.4, -0.2) is 113 Å². The highest BCUT2D eigenvalue weighted by molar-refractivity contribution is 5.87. The van der Waals surface area contributed by atoms with Crippen LogP contribution in [0.1, 0.15) is 6.92 Å². The molecular formula is C27H28O16. The molecule has 5 rings (SSSR count). The van der Waals surface area contributed by atoms with E-state index in [1.807, 2.05) is 0 Å². The summed E-state index contributed by atoms with van der Waals surface area (Å²) < 4.78 is 27.5. The Morgan fingerprint density at radius 3 is 2.02 bits per heavy atom. The van der Waals surface area contributed by atoms with Crippen molar-refractivity contribution in [3.8, 4) is 34.3 Å². The highest BCUT2D eigenvalue weighted by Gasteiger charge is 2.48. The van der Waals surface area contributed by atoms with Crippen LogP contribution in [-0.2, 0) is 14.3 Å². The Morgan fingerprint density at radius 1 is 0.791 bits per heavy atom. The van der Waals surface area contributed by atoms with Gasteiger partial charge in [0.25, 0.3) is 0 Å². The van der Waals surface area contributed by atoms with Gasteiger partial charge in [-0.05, 0) is 37.3 Å². The van der Waals surface area contributed by atoms with Crippen LogP contribution in [0.2, 0.25) is 0 Å². The maximum Gasteiger partial charge on any atom is 0.335 e. The monoisotopic (exact) mass is 608 g/mol. The second-order valence-electron chi connectivity index (χ2n) is 10.1. The van der Waals surface area contributed by atoms with Gasteiger partial charge >= 0.3 is 5.97 Å². The number of hydrogen-bond donors (Lipinski definition) is 9. The molecule has 232 valence electrons. The first kappa shape index (κ1) is 30.5. The minimum Gasteiger partial charge on any atom is -0.508 e. The van der Waals surface area contributed by atoms with E-state index in [1.165, 1.54) is 31.2 Å². The Morgan fingerprint density at radius 2 is 1.40 bits per heavy atom. The Kier molecular flexibility index (Phi) is 8.21. The van der Waals surface area contributed by atoms with E-state index in [2.05, 4.69) is 0 Å². The lowest BCUT2D eigenvalue weighted by Gasteiger charge is -2.38. The standard InChI is InChI=1S/C27H28O16/c1-8-14(30)16(32)19(35)26(39-8)42-23-15(31)12-6-11(40-27-20(36)17(33)18(34)24(43-27)25(37)38)7-13(29)22(12)41-21(23)9-2-4-10(28)5-3-9/h2-8,14,16-20,24,26-30,32-36H,1H3,(H,37,38)/t8-,14-,16+,17-,18+,19+,20+,24-,26-,27+/m0/s1. The maximum absolute atomic E-state index is 13.8. The van der Waals surface area contributed by atoms with E-state index in [9.17, 15) is 55.5 Å². The Bertz CT molecular complexity index is 1550. The van der Waals surface area contributed by atoms with Gasteiger partial charge in [0.15, 0.2) is 23.2 Å². The highest BCUT2D eigenvalue weighted by atomic mass is 16.7. The first-order valence-corrected chi connectivity index (χ1v) is 12.9. The smallest absolute Gasteiger partial charge is 0.335 e. The zero-order valence-electron chi connectivity index (χ0n) is 22.1. The van der Waals surface area contributed by atoms with Crippen molar-refractivity contribution < 1.29 is 74.1 Å². The van der Waals surface area contributed by atoms with Gasteiger partial charge in [0, 0.05) is 11.6 Å². The fourth-order valence-electron chi connectivity index (χ4n) is 4.73. The molecule has 0 bridgehead atoms. The molecule has 2 fully saturated rings. The average Bonchev–Trinajstić information content (AvgIpc) is 2.96. The molecule has 1 aromatic heterocycles. The van der Waals surface area contributed by atoms with E-state index in [0.717, 1.165) is 12.1 Å². The number of aliphatic carboxylic acids is 1. The molecule has 0 aliphatic carbocycles. The van der Waals surface area contributed by atoms with E-state index in [-0.39, 0.29) is 33.8 Å².